The molecule has 0 spiro atoms. The van der Waals surface area contributed by atoms with Crippen LogP contribution in [0.2, 0.25) is 0 Å². The Balaban J connectivity index is 2.57. The summed E-state index contributed by atoms with van der Waals surface area (Å²) in [4.78, 5) is 14.5. The van der Waals surface area contributed by atoms with Crippen LogP contribution in [0, 0.1) is 0 Å². The van der Waals surface area contributed by atoms with E-state index in [9.17, 15) is 13.2 Å². The second-order valence-corrected chi connectivity index (χ2v) is 8.03. The smallest absolute Gasteiger partial charge is 0.180 e. The number of anilines is 2. The highest BCUT2D eigenvalue weighted by molar-refractivity contribution is 7.91. The van der Waals surface area contributed by atoms with Gasteiger partial charge in [-0.25, -0.2) is 8.42 Å². The molecule has 1 aromatic rings. The van der Waals surface area contributed by atoms with Gasteiger partial charge in [0.05, 0.1) is 10.6 Å². The summed E-state index contributed by atoms with van der Waals surface area (Å²) in [6.07, 6.45) is 4.72. The molecule has 0 radical (unpaired) electrons. The Morgan fingerprint density at radius 3 is 2.40 bits per heavy atom. The first-order valence-corrected chi connectivity index (χ1v) is 9.47. The Kier molecular flexibility index (Phi) is 4.39. The van der Waals surface area contributed by atoms with Gasteiger partial charge in [-0.1, -0.05) is 6.92 Å². The number of piperidine rings is 1. The predicted octanol–water partition coefficient (Wildman–Crippen LogP) is 2.32. The van der Waals surface area contributed by atoms with E-state index in [4.69, 9.17) is 5.73 Å². The Labute approximate surface area is 123 Å². The standard InChI is InChI=1S/C13H20N2O3S2/c1-3-9(16)11-10(14)12(20(2,17)18)13(19-11)15-7-5-4-6-8-15/h3-8,14H2,1-2H3. The first-order chi connectivity index (χ1) is 9.36. The summed E-state index contributed by atoms with van der Waals surface area (Å²) in [5.41, 5.74) is 6.09. The van der Waals surface area contributed by atoms with Crippen LogP contribution in [0.25, 0.3) is 0 Å². The summed E-state index contributed by atoms with van der Waals surface area (Å²) < 4.78 is 24.1. The number of carbonyl (C=O) groups excluding carboxylic acids is 1. The fraction of sp³-hybridized carbons (Fsp3) is 0.615. The third kappa shape index (κ3) is 2.83. The number of hydrogen-bond acceptors (Lipinski definition) is 6. The molecule has 0 bridgehead atoms. The molecule has 1 saturated heterocycles. The molecule has 2 heterocycles. The van der Waals surface area contributed by atoms with E-state index in [1.54, 1.807) is 6.92 Å². The fourth-order valence-electron chi connectivity index (χ4n) is 2.45. The molecule has 0 aliphatic carbocycles. The lowest BCUT2D eigenvalue weighted by Gasteiger charge is -2.28. The minimum atomic E-state index is -3.44. The van der Waals surface area contributed by atoms with E-state index >= 15 is 0 Å². The van der Waals surface area contributed by atoms with Crippen LogP contribution in [0.15, 0.2) is 4.90 Å². The second-order valence-electron chi connectivity index (χ2n) is 5.08. The van der Waals surface area contributed by atoms with Crippen LogP contribution in [0.5, 0.6) is 0 Å². The van der Waals surface area contributed by atoms with Crippen LogP contribution >= 0.6 is 11.3 Å². The SMILES string of the molecule is CCC(=O)c1sc(N2CCCCC2)c(S(C)(=O)=O)c1N. The summed E-state index contributed by atoms with van der Waals surface area (Å²) in [5.74, 6) is -0.0966. The van der Waals surface area contributed by atoms with Crippen molar-refractivity contribution >= 4 is 37.6 Å². The maximum Gasteiger partial charge on any atom is 0.180 e. The lowest BCUT2D eigenvalue weighted by atomic mass is 10.1. The van der Waals surface area contributed by atoms with Crippen molar-refractivity contribution in [2.24, 2.45) is 0 Å². The highest BCUT2D eigenvalue weighted by Gasteiger charge is 2.29. The van der Waals surface area contributed by atoms with Gasteiger partial charge < -0.3 is 10.6 Å². The van der Waals surface area contributed by atoms with Gasteiger partial charge in [-0.3, -0.25) is 4.79 Å². The van der Waals surface area contributed by atoms with Gasteiger partial charge in [0, 0.05) is 25.8 Å². The number of sulfone groups is 1. The Morgan fingerprint density at radius 1 is 1.30 bits per heavy atom. The van der Waals surface area contributed by atoms with Crippen LogP contribution in [-0.2, 0) is 9.84 Å². The molecule has 2 rings (SSSR count). The highest BCUT2D eigenvalue weighted by Crippen LogP contribution is 2.42. The Hall–Kier alpha value is -1.08. The number of hydrogen-bond donors (Lipinski definition) is 1. The van der Waals surface area contributed by atoms with Crippen molar-refractivity contribution in [3.8, 4) is 0 Å². The van der Waals surface area contributed by atoms with E-state index in [1.165, 1.54) is 11.3 Å². The Morgan fingerprint density at radius 2 is 1.90 bits per heavy atom. The van der Waals surface area contributed by atoms with E-state index in [1.807, 2.05) is 4.90 Å². The van der Waals surface area contributed by atoms with Crippen molar-refractivity contribution in [3.63, 3.8) is 0 Å². The molecule has 0 amide bonds. The first-order valence-electron chi connectivity index (χ1n) is 6.76. The molecule has 0 saturated carbocycles. The van der Waals surface area contributed by atoms with Gasteiger partial charge in [-0.15, -0.1) is 11.3 Å². The lowest BCUT2D eigenvalue weighted by Crippen LogP contribution is -2.29. The minimum Gasteiger partial charge on any atom is -0.396 e. The van der Waals surface area contributed by atoms with Crippen molar-refractivity contribution in [2.45, 2.75) is 37.5 Å². The number of nitrogen functional groups attached to an aromatic ring is 1. The third-order valence-electron chi connectivity index (χ3n) is 3.47. The number of nitrogens with two attached hydrogens (primary N) is 1. The van der Waals surface area contributed by atoms with Gasteiger partial charge >= 0.3 is 0 Å². The van der Waals surface area contributed by atoms with Crippen molar-refractivity contribution in [2.75, 3.05) is 30.0 Å². The largest absolute Gasteiger partial charge is 0.396 e. The number of rotatable bonds is 4. The monoisotopic (exact) mass is 316 g/mol. The first kappa shape index (κ1) is 15.3. The van der Waals surface area contributed by atoms with Crippen LogP contribution < -0.4 is 10.6 Å². The molecular weight excluding hydrogens is 296 g/mol. The third-order valence-corrected chi connectivity index (χ3v) is 6.06. The van der Waals surface area contributed by atoms with Crippen LogP contribution in [0.1, 0.15) is 42.3 Å². The van der Waals surface area contributed by atoms with E-state index in [0.717, 1.165) is 38.6 Å². The maximum atomic E-state index is 12.0. The second kappa shape index (κ2) is 5.73. The van der Waals surface area contributed by atoms with Gasteiger partial charge in [0.25, 0.3) is 0 Å². The van der Waals surface area contributed by atoms with Gasteiger partial charge in [0.2, 0.25) is 0 Å². The molecule has 1 aliphatic heterocycles. The van der Waals surface area contributed by atoms with Gasteiger partial charge in [0.15, 0.2) is 15.6 Å². The zero-order valence-electron chi connectivity index (χ0n) is 11.8. The molecule has 7 heteroatoms. The summed E-state index contributed by atoms with van der Waals surface area (Å²) in [6.45, 7) is 3.40. The lowest BCUT2D eigenvalue weighted by molar-refractivity contribution is 0.0992. The quantitative estimate of drug-likeness (QED) is 0.862. The molecule has 0 aromatic carbocycles. The number of nitrogens with zero attached hydrogens (tertiary/aromatic N) is 1. The van der Waals surface area contributed by atoms with Gasteiger partial charge in [-0.05, 0) is 19.3 Å². The van der Waals surface area contributed by atoms with Crippen LogP contribution in [0.3, 0.4) is 0 Å². The molecule has 5 nitrogen and oxygen atoms in total. The number of carbonyl (C=O) groups is 1. The molecule has 20 heavy (non-hydrogen) atoms. The fourth-order valence-corrected chi connectivity index (χ4v) is 5.22. The molecule has 2 N–H and O–H groups in total. The highest BCUT2D eigenvalue weighted by atomic mass is 32.2. The topological polar surface area (TPSA) is 80.5 Å². The van der Waals surface area contributed by atoms with E-state index < -0.39 is 9.84 Å². The van der Waals surface area contributed by atoms with Gasteiger partial charge in [-0.2, -0.15) is 0 Å². The predicted molar refractivity (Wildman–Crippen MR) is 82.5 cm³/mol. The van der Waals surface area contributed by atoms with Crippen molar-refractivity contribution in [1.82, 2.24) is 0 Å². The summed E-state index contributed by atoms with van der Waals surface area (Å²) >= 11 is 1.22. The molecule has 0 atom stereocenters. The zero-order chi connectivity index (χ0) is 14.9. The number of thiophene rings is 1. The molecule has 1 fully saturated rings. The molecule has 0 unspecified atom stereocenters. The normalized spacial score (nSPS) is 16.4. The summed E-state index contributed by atoms with van der Waals surface area (Å²) in [5, 5.41) is 0.640. The van der Waals surface area contributed by atoms with Crippen molar-refractivity contribution < 1.29 is 13.2 Å². The Bertz CT molecular complexity index is 614. The van der Waals surface area contributed by atoms with E-state index in [2.05, 4.69) is 0 Å². The molecular formula is C13H20N2O3S2. The van der Waals surface area contributed by atoms with Crippen molar-refractivity contribution in [3.05, 3.63) is 4.88 Å². The van der Waals surface area contributed by atoms with Crippen LogP contribution in [0.4, 0.5) is 10.7 Å². The number of Topliss-reactive ketones (excluding diaryl/α,β-unsaturated/α-hetero) is 1. The maximum absolute atomic E-state index is 12.0. The molecule has 112 valence electrons. The molecule has 1 aliphatic rings. The van der Waals surface area contributed by atoms with Gasteiger partial charge in [0.1, 0.15) is 9.90 Å². The summed E-state index contributed by atoms with van der Waals surface area (Å²) in [6, 6.07) is 0. The average Bonchev–Trinajstić information content (AvgIpc) is 2.76. The average molecular weight is 316 g/mol. The molecule has 1 aromatic heterocycles. The number of ketones is 1. The zero-order valence-corrected chi connectivity index (χ0v) is 13.4. The van der Waals surface area contributed by atoms with Crippen molar-refractivity contribution in [1.29, 1.82) is 0 Å². The van der Waals surface area contributed by atoms with Crippen LogP contribution in [-0.4, -0.2) is 33.5 Å². The van der Waals surface area contributed by atoms with E-state index in [0.29, 0.717) is 16.3 Å². The minimum absolute atomic E-state index is 0.0966. The van der Waals surface area contributed by atoms with E-state index in [-0.39, 0.29) is 16.4 Å². The summed E-state index contributed by atoms with van der Waals surface area (Å²) in [7, 11) is -3.44.